The number of rotatable bonds is 0. The molecule has 5 nitrogen and oxygen atoms in total. The minimum atomic E-state index is 0. The molecule has 1 aromatic carbocycles. The number of para-hydroxylation sites is 2. The van der Waals surface area contributed by atoms with Crippen LogP contribution in [-0.2, 0) is 0 Å². The molecule has 2 aromatic rings. The first kappa shape index (κ1) is 18.0. The van der Waals surface area contributed by atoms with Gasteiger partial charge in [-0.25, -0.2) is 9.97 Å². The Bertz CT molecular complexity index is 296. The Morgan fingerprint density at radius 3 is 2.23 bits per heavy atom. The van der Waals surface area contributed by atoms with Gasteiger partial charge in [-0.1, -0.05) is 12.1 Å². The summed E-state index contributed by atoms with van der Waals surface area (Å²) < 4.78 is 0. The van der Waals surface area contributed by atoms with E-state index < -0.39 is 0 Å². The minimum Gasteiger partial charge on any atom is -1.00 e. The Labute approximate surface area is 85.5 Å². The zero-order valence-corrected chi connectivity index (χ0v) is 8.35. The molecule has 0 spiro atoms. The number of aromatic nitrogens is 2. The normalized spacial score (nSPS) is 7.08. The topological polar surface area (TPSA) is 124 Å². The molecule has 0 aliphatic heterocycles. The maximum atomic E-state index is 3.06. The molecule has 1 heterocycles. The third-order valence-electron chi connectivity index (χ3n) is 1.38. The van der Waals surface area contributed by atoms with Crippen molar-refractivity contribution in [1.82, 2.24) is 4.98 Å². The van der Waals surface area contributed by atoms with Crippen LogP contribution in [0.2, 0.25) is 0 Å². The van der Waals surface area contributed by atoms with Gasteiger partial charge in [-0.15, -0.1) is 0 Å². The monoisotopic (exact) mass is 252 g/mol. The highest BCUT2D eigenvalue weighted by Crippen LogP contribution is 2.01. The molecule has 0 saturated carbocycles. The molecule has 1 aromatic heterocycles. The first-order chi connectivity index (χ1) is 4.47. The van der Waals surface area contributed by atoms with E-state index in [4.69, 9.17) is 0 Å². The van der Waals surface area contributed by atoms with Gasteiger partial charge < -0.3 is 33.4 Å². The Balaban J connectivity index is -0.000000250. The van der Waals surface area contributed by atoms with Crippen molar-refractivity contribution < 1.29 is 38.4 Å². The van der Waals surface area contributed by atoms with E-state index in [9.17, 15) is 0 Å². The Morgan fingerprint density at radius 2 is 1.62 bits per heavy atom. The lowest BCUT2D eigenvalue weighted by Gasteiger charge is -1.76. The molecule has 0 fully saturated rings. The summed E-state index contributed by atoms with van der Waals surface area (Å²) in [5.74, 6) is 0. The smallest absolute Gasteiger partial charge is 0.240 e. The highest BCUT2D eigenvalue weighted by molar-refractivity contribution is 5.69. The summed E-state index contributed by atoms with van der Waals surface area (Å²) in [6, 6.07) is 8.08. The first-order valence-electron chi connectivity index (χ1n) is 2.90. The van der Waals surface area contributed by atoms with Crippen LogP contribution < -0.4 is 22.0 Å². The summed E-state index contributed by atoms with van der Waals surface area (Å²) in [4.78, 5) is 6.13. The van der Waals surface area contributed by atoms with Gasteiger partial charge in [0, 0.05) is 0 Å². The average Bonchev–Trinajstić information content (AvgIpc) is 2.33. The van der Waals surface area contributed by atoms with Crippen LogP contribution in [0.1, 0.15) is 0 Å². The number of fused-ring (bicyclic) bond motifs is 1. The van der Waals surface area contributed by atoms with Crippen molar-refractivity contribution in [3.63, 3.8) is 0 Å². The van der Waals surface area contributed by atoms with E-state index in [0.29, 0.717) is 0 Å². The van der Waals surface area contributed by atoms with Crippen LogP contribution in [0.15, 0.2) is 30.6 Å². The van der Waals surface area contributed by atoms with Crippen LogP contribution in [0.4, 0.5) is 0 Å². The van der Waals surface area contributed by atoms with Crippen molar-refractivity contribution in [2.45, 2.75) is 0 Å². The number of hydrogen-bond donors (Lipinski definition) is 1. The second-order valence-corrected chi connectivity index (χ2v) is 1.98. The van der Waals surface area contributed by atoms with Crippen molar-refractivity contribution >= 4 is 11.0 Å². The quantitative estimate of drug-likeness (QED) is 0.486. The van der Waals surface area contributed by atoms with Crippen LogP contribution in [0, 0.1) is 0 Å². The standard InChI is InChI=1S/C7H6N2.BrH.3H2O/c1-2-4-7-6(3-1)8-5-9-7;;;;/h1-5H,(H,8,9);1H;3*1H2. The molecule has 2 rings (SSSR count). The molecule has 13 heavy (non-hydrogen) atoms. The minimum absolute atomic E-state index is 0. The fourth-order valence-electron chi connectivity index (χ4n) is 0.926. The lowest BCUT2D eigenvalue weighted by atomic mass is 10.3. The maximum absolute atomic E-state index is 3.06. The predicted octanol–water partition coefficient (Wildman–Crippen LogP) is -4.49. The van der Waals surface area contributed by atoms with Crippen molar-refractivity contribution in [2.24, 2.45) is 0 Å². The number of hydrogen-bond acceptors (Lipinski definition) is 0. The third kappa shape index (κ3) is 3.51. The van der Waals surface area contributed by atoms with Crippen molar-refractivity contribution in [3.05, 3.63) is 30.6 Å². The van der Waals surface area contributed by atoms with Gasteiger partial charge in [-0.3, -0.25) is 0 Å². The molecular formula is C7H13BrN2O3. The molecule has 0 atom stereocenters. The van der Waals surface area contributed by atoms with Crippen LogP contribution in [-0.4, -0.2) is 21.4 Å². The largest absolute Gasteiger partial charge is 1.00 e. The predicted molar refractivity (Wildman–Crippen MR) is 45.7 cm³/mol. The highest BCUT2D eigenvalue weighted by atomic mass is 79.9. The molecule has 0 amide bonds. The summed E-state index contributed by atoms with van der Waals surface area (Å²) in [7, 11) is 0. The summed E-state index contributed by atoms with van der Waals surface area (Å²) in [5.41, 5.74) is 2.30. The van der Waals surface area contributed by atoms with E-state index in [1.165, 1.54) is 0 Å². The number of imidazole rings is 1. The summed E-state index contributed by atoms with van der Waals surface area (Å²) in [6.45, 7) is 0. The van der Waals surface area contributed by atoms with E-state index in [1.807, 2.05) is 30.6 Å². The van der Waals surface area contributed by atoms with Gasteiger partial charge in [-0.2, -0.15) is 0 Å². The molecule has 0 saturated heterocycles. The summed E-state index contributed by atoms with van der Waals surface area (Å²) in [6.07, 6.45) is 1.82. The van der Waals surface area contributed by atoms with Gasteiger partial charge in [0.1, 0.15) is 0 Å². The van der Waals surface area contributed by atoms with Gasteiger partial charge in [0.25, 0.3) is 0 Å². The van der Waals surface area contributed by atoms with Crippen LogP contribution in [0.5, 0.6) is 0 Å². The number of halogens is 1. The van der Waals surface area contributed by atoms with E-state index in [0.717, 1.165) is 11.0 Å². The number of aromatic amines is 2. The van der Waals surface area contributed by atoms with Crippen molar-refractivity contribution in [2.75, 3.05) is 0 Å². The van der Waals surface area contributed by atoms with Crippen LogP contribution in [0.25, 0.3) is 11.0 Å². The number of benzene rings is 1. The lowest BCUT2D eigenvalue weighted by molar-refractivity contribution is -0.344. The Morgan fingerprint density at radius 1 is 1.00 bits per heavy atom. The zero-order valence-electron chi connectivity index (χ0n) is 6.76. The fraction of sp³-hybridized carbons (Fsp3) is 0. The van der Waals surface area contributed by atoms with Crippen LogP contribution >= 0.6 is 0 Å². The van der Waals surface area contributed by atoms with E-state index in [-0.39, 0.29) is 33.4 Å². The van der Waals surface area contributed by atoms with Gasteiger partial charge in [0.15, 0.2) is 11.0 Å². The maximum Gasteiger partial charge on any atom is 0.240 e. The molecule has 76 valence electrons. The molecule has 8 N–H and O–H groups in total. The van der Waals surface area contributed by atoms with E-state index >= 15 is 0 Å². The van der Waals surface area contributed by atoms with E-state index in [2.05, 4.69) is 9.97 Å². The van der Waals surface area contributed by atoms with Crippen molar-refractivity contribution in [3.8, 4) is 0 Å². The van der Waals surface area contributed by atoms with Gasteiger partial charge in [0.2, 0.25) is 6.33 Å². The molecule has 6 heteroatoms. The molecular weight excluding hydrogens is 240 g/mol. The summed E-state index contributed by atoms with van der Waals surface area (Å²) in [5, 5.41) is 0. The second kappa shape index (κ2) is 7.69. The number of H-pyrrole nitrogens is 2. The van der Waals surface area contributed by atoms with Gasteiger partial charge in [0.05, 0.1) is 0 Å². The SMILES string of the molecule is O.O.O.[Br-].c1ccc2[nH+]c[nH]c2c1. The first-order valence-corrected chi connectivity index (χ1v) is 2.90. The molecule has 0 aliphatic rings. The molecule has 0 unspecified atom stereocenters. The fourth-order valence-corrected chi connectivity index (χ4v) is 0.926. The zero-order chi connectivity index (χ0) is 6.10. The Hall–Kier alpha value is -0.950. The lowest BCUT2D eigenvalue weighted by Crippen LogP contribution is -3.00. The molecule has 0 radical (unpaired) electrons. The number of nitrogens with one attached hydrogen (secondary N) is 2. The third-order valence-corrected chi connectivity index (χ3v) is 1.38. The van der Waals surface area contributed by atoms with Gasteiger partial charge in [-0.05, 0) is 12.1 Å². The van der Waals surface area contributed by atoms with Crippen molar-refractivity contribution in [1.29, 1.82) is 0 Å². The average molecular weight is 253 g/mol. The molecule has 0 bridgehead atoms. The van der Waals surface area contributed by atoms with Crippen LogP contribution in [0.3, 0.4) is 0 Å². The summed E-state index contributed by atoms with van der Waals surface area (Å²) >= 11 is 0. The van der Waals surface area contributed by atoms with E-state index in [1.54, 1.807) is 0 Å². The highest BCUT2D eigenvalue weighted by Gasteiger charge is 1.95. The Kier molecular flexibility index (Phi) is 10.6. The molecule has 0 aliphatic carbocycles. The second-order valence-electron chi connectivity index (χ2n) is 1.98. The van der Waals surface area contributed by atoms with Gasteiger partial charge >= 0.3 is 0 Å².